The average molecular weight is 339 g/mol. The third-order valence-electron chi connectivity index (χ3n) is 4.81. The van der Waals surface area contributed by atoms with Crippen LogP contribution >= 0.6 is 11.3 Å². The lowest BCUT2D eigenvalue weighted by molar-refractivity contribution is -0.116. The zero-order valence-electron chi connectivity index (χ0n) is 13.6. The Kier molecular flexibility index (Phi) is 4.34. The predicted molar refractivity (Wildman–Crippen MR) is 98.3 cm³/mol. The fourth-order valence-corrected chi connectivity index (χ4v) is 4.15. The number of aromatic nitrogens is 2. The topological polar surface area (TPSA) is 46.4 Å². The van der Waals surface area contributed by atoms with Gasteiger partial charge in [-0.05, 0) is 24.5 Å². The van der Waals surface area contributed by atoms with Crippen LogP contribution in [0.5, 0.6) is 0 Å². The summed E-state index contributed by atoms with van der Waals surface area (Å²) in [6, 6.07) is 7.94. The van der Waals surface area contributed by atoms with E-state index in [0.717, 1.165) is 34.2 Å². The van der Waals surface area contributed by atoms with E-state index >= 15 is 0 Å². The van der Waals surface area contributed by atoms with Gasteiger partial charge in [0.15, 0.2) is 4.96 Å². The molecule has 1 amide bonds. The van der Waals surface area contributed by atoms with Gasteiger partial charge in [0, 0.05) is 35.4 Å². The highest BCUT2D eigenvalue weighted by atomic mass is 32.1. The number of benzene rings is 1. The Bertz CT molecular complexity index is 799. The maximum atomic E-state index is 12.1. The van der Waals surface area contributed by atoms with Crippen LogP contribution < -0.4 is 5.32 Å². The van der Waals surface area contributed by atoms with Crippen molar-refractivity contribution in [2.45, 2.75) is 38.5 Å². The van der Waals surface area contributed by atoms with Crippen molar-refractivity contribution >= 4 is 27.9 Å². The molecule has 1 aromatic carbocycles. The first-order chi connectivity index (χ1) is 11.8. The Balaban J connectivity index is 1.36. The van der Waals surface area contributed by atoms with Crippen molar-refractivity contribution in [2.24, 2.45) is 5.92 Å². The van der Waals surface area contributed by atoms with Crippen molar-refractivity contribution in [3.05, 3.63) is 42.0 Å². The Hall–Kier alpha value is -2.14. The molecule has 1 fully saturated rings. The van der Waals surface area contributed by atoms with Crippen molar-refractivity contribution in [3.8, 4) is 11.3 Å². The molecule has 0 aliphatic heterocycles. The van der Waals surface area contributed by atoms with Crippen molar-refractivity contribution in [1.29, 1.82) is 0 Å². The summed E-state index contributed by atoms with van der Waals surface area (Å²) in [6.07, 6.45) is 10.9. The molecule has 5 heteroatoms. The fraction of sp³-hybridized carbons (Fsp3) is 0.368. The number of carbonyl (C=O) groups excluding carboxylic acids is 1. The van der Waals surface area contributed by atoms with Gasteiger partial charge in [-0.1, -0.05) is 37.8 Å². The van der Waals surface area contributed by atoms with Gasteiger partial charge >= 0.3 is 0 Å². The molecular weight excluding hydrogens is 318 g/mol. The molecule has 3 aromatic rings. The molecule has 1 saturated carbocycles. The maximum Gasteiger partial charge on any atom is 0.224 e. The molecule has 0 spiro atoms. The van der Waals surface area contributed by atoms with Gasteiger partial charge in [-0.2, -0.15) is 0 Å². The third kappa shape index (κ3) is 3.36. The van der Waals surface area contributed by atoms with Gasteiger partial charge in [0.2, 0.25) is 5.91 Å². The summed E-state index contributed by atoms with van der Waals surface area (Å²) in [5.41, 5.74) is 2.88. The van der Waals surface area contributed by atoms with Gasteiger partial charge in [-0.3, -0.25) is 9.20 Å². The molecule has 4 rings (SSSR count). The van der Waals surface area contributed by atoms with Crippen LogP contribution in [0.2, 0.25) is 0 Å². The number of imidazole rings is 1. The summed E-state index contributed by atoms with van der Waals surface area (Å²) < 4.78 is 2.03. The lowest BCUT2D eigenvalue weighted by atomic mass is 10.0. The molecule has 124 valence electrons. The zero-order valence-corrected chi connectivity index (χ0v) is 14.4. The van der Waals surface area contributed by atoms with E-state index in [-0.39, 0.29) is 5.91 Å². The minimum Gasteiger partial charge on any atom is -0.326 e. The number of rotatable bonds is 5. The van der Waals surface area contributed by atoms with Crippen LogP contribution in [0.4, 0.5) is 5.69 Å². The molecule has 0 radical (unpaired) electrons. The Labute approximate surface area is 145 Å². The molecule has 24 heavy (non-hydrogen) atoms. The molecular formula is C19H21N3OS. The Morgan fingerprint density at radius 2 is 2.04 bits per heavy atom. The highest BCUT2D eigenvalue weighted by Crippen LogP contribution is 2.28. The van der Waals surface area contributed by atoms with Crippen LogP contribution in [0.25, 0.3) is 16.2 Å². The molecule has 0 bridgehead atoms. The Morgan fingerprint density at radius 1 is 1.25 bits per heavy atom. The van der Waals surface area contributed by atoms with Crippen molar-refractivity contribution in [1.82, 2.24) is 9.38 Å². The van der Waals surface area contributed by atoms with E-state index in [1.807, 2.05) is 46.4 Å². The number of nitrogens with one attached hydrogen (secondary N) is 1. The van der Waals surface area contributed by atoms with E-state index in [9.17, 15) is 4.79 Å². The molecule has 0 atom stereocenters. The molecule has 0 saturated heterocycles. The maximum absolute atomic E-state index is 12.1. The van der Waals surface area contributed by atoms with Gasteiger partial charge in [0.25, 0.3) is 0 Å². The van der Waals surface area contributed by atoms with Gasteiger partial charge in [-0.25, -0.2) is 4.98 Å². The normalized spacial score (nSPS) is 15.2. The summed E-state index contributed by atoms with van der Waals surface area (Å²) in [7, 11) is 0. The van der Waals surface area contributed by atoms with E-state index in [1.54, 1.807) is 11.3 Å². The van der Waals surface area contributed by atoms with Gasteiger partial charge < -0.3 is 5.32 Å². The second-order valence-corrected chi connectivity index (χ2v) is 7.41. The first-order valence-electron chi connectivity index (χ1n) is 8.60. The van der Waals surface area contributed by atoms with Crippen LogP contribution in [0, 0.1) is 5.92 Å². The van der Waals surface area contributed by atoms with Crippen LogP contribution in [0.1, 0.15) is 38.5 Å². The minimum atomic E-state index is 0.122. The molecule has 1 aliphatic carbocycles. The molecule has 2 heterocycles. The van der Waals surface area contributed by atoms with Crippen molar-refractivity contribution in [3.63, 3.8) is 0 Å². The number of amides is 1. The summed E-state index contributed by atoms with van der Waals surface area (Å²) in [6.45, 7) is 0. The first kappa shape index (κ1) is 15.4. The summed E-state index contributed by atoms with van der Waals surface area (Å²) >= 11 is 1.63. The minimum absolute atomic E-state index is 0.122. The standard InChI is InChI=1S/C19H21N3OS/c23-18(10-5-14-3-1-2-4-14)20-16-8-6-15(7-9-16)17-13-22-11-12-24-19(22)21-17/h6-9,11-14H,1-5,10H2,(H,20,23). The fourth-order valence-electron chi connectivity index (χ4n) is 3.45. The van der Waals surface area contributed by atoms with E-state index in [4.69, 9.17) is 0 Å². The second-order valence-electron chi connectivity index (χ2n) is 6.53. The third-order valence-corrected chi connectivity index (χ3v) is 5.58. The van der Waals surface area contributed by atoms with E-state index < -0.39 is 0 Å². The first-order valence-corrected chi connectivity index (χ1v) is 9.48. The number of anilines is 1. The number of hydrogen-bond acceptors (Lipinski definition) is 3. The summed E-state index contributed by atoms with van der Waals surface area (Å²) in [5.74, 6) is 0.880. The molecule has 4 nitrogen and oxygen atoms in total. The monoisotopic (exact) mass is 339 g/mol. The van der Waals surface area contributed by atoms with Crippen LogP contribution in [-0.4, -0.2) is 15.3 Å². The quantitative estimate of drug-likeness (QED) is 0.713. The smallest absolute Gasteiger partial charge is 0.224 e. The lowest BCUT2D eigenvalue weighted by Crippen LogP contribution is -2.12. The largest absolute Gasteiger partial charge is 0.326 e. The lowest BCUT2D eigenvalue weighted by Gasteiger charge is -2.09. The molecule has 2 aromatic heterocycles. The number of nitrogens with zero attached hydrogens (tertiary/aromatic N) is 2. The average Bonchev–Trinajstić information content (AvgIpc) is 3.30. The van der Waals surface area contributed by atoms with E-state index in [0.29, 0.717) is 6.42 Å². The van der Waals surface area contributed by atoms with Gasteiger partial charge in [0.1, 0.15) is 0 Å². The SMILES string of the molecule is O=C(CCC1CCCC1)Nc1ccc(-c2cn3ccsc3n2)cc1. The van der Waals surface area contributed by atoms with Crippen LogP contribution in [0.3, 0.4) is 0 Å². The summed E-state index contributed by atoms with van der Waals surface area (Å²) in [4.78, 5) is 17.7. The van der Waals surface area contributed by atoms with E-state index in [1.165, 1.54) is 25.7 Å². The number of carbonyl (C=O) groups is 1. The van der Waals surface area contributed by atoms with Crippen LogP contribution in [0.15, 0.2) is 42.0 Å². The number of thiazole rings is 1. The number of fused-ring (bicyclic) bond motifs is 1. The molecule has 1 N–H and O–H groups in total. The Morgan fingerprint density at radius 3 is 2.79 bits per heavy atom. The number of hydrogen-bond donors (Lipinski definition) is 1. The van der Waals surface area contributed by atoms with Crippen molar-refractivity contribution in [2.75, 3.05) is 5.32 Å². The zero-order chi connectivity index (χ0) is 16.4. The van der Waals surface area contributed by atoms with Gasteiger partial charge in [-0.15, -0.1) is 11.3 Å². The van der Waals surface area contributed by atoms with Crippen LogP contribution in [-0.2, 0) is 4.79 Å². The molecule has 1 aliphatic rings. The predicted octanol–water partition coefficient (Wildman–Crippen LogP) is 4.97. The summed E-state index contributed by atoms with van der Waals surface area (Å²) in [5, 5.41) is 5.03. The second kappa shape index (κ2) is 6.77. The highest BCUT2D eigenvalue weighted by Gasteiger charge is 2.16. The van der Waals surface area contributed by atoms with E-state index in [2.05, 4.69) is 10.3 Å². The highest BCUT2D eigenvalue weighted by molar-refractivity contribution is 7.15. The molecule has 0 unspecified atom stereocenters. The van der Waals surface area contributed by atoms with Crippen molar-refractivity contribution < 1.29 is 4.79 Å². The van der Waals surface area contributed by atoms with Gasteiger partial charge in [0.05, 0.1) is 5.69 Å².